The summed E-state index contributed by atoms with van der Waals surface area (Å²) in [7, 11) is 0. The molecule has 0 spiro atoms. The monoisotopic (exact) mass is 429 g/mol. The molecule has 0 bridgehead atoms. The maximum Gasteiger partial charge on any atom is 0.276 e. The van der Waals surface area contributed by atoms with E-state index >= 15 is 0 Å². The molecule has 0 aliphatic rings. The molecule has 1 aromatic heterocycles. The molecule has 0 radical (unpaired) electrons. The van der Waals surface area contributed by atoms with Gasteiger partial charge in [-0.25, -0.2) is 0 Å². The highest BCUT2D eigenvalue weighted by molar-refractivity contribution is 7.13. The molecular weight excluding hydrogens is 406 g/mol. The van der Waals surface area contributed by atoms with E-state index in [1.165, 1.54) is 17.1 Å². The first-order chi connectivity index (χ1) is 15.0. The van der Waals surface area contributed by atoms with Crippen LogP contribution < -0.4 is 10.6 Å². The van der Waals surface area contributed by atoms with Crippen molar-refractivity contribution >= 4 is 39.1 Å². The number of carbonyl (C=O) groups excluding carboxylic acids is 2. The van der Waals surface area contributed by atoms with Crippen molar-refractivity contribution in [2.45, 2.75) is 19.8 Å². The number of hydrogen-bond donors (Lipinski definition) is 2. The maximum atomic E-state index is 12.8. The quantitative estimate of drug-likeness (QED) is 0.432. The number of aromatic nitrogens is 1. The Labute approximate surface area is 185 Å². The van der Waals surface area contributed by atoms with Crippen molar-refractivity contribution < 1.29 is 9.59 Å². The highest BCUT2D eigenvalue weighted by Gasteiger charge is 2.16. The lowest BCUT2D eigenvalue weighted by Crippen LogP contribution is -2.27. The van der Waals surface area contributed by atoms with Crippen LogP contribution in [0.25, 0.3) is 10.1 Å². The van der Waals surface area contributed by atoms with Crippen molar-refractivity contribution in [3.8, 4) is 0 Å². The van der Waals surface area contributed by atoms with Crippen LogP contribution in [-0.2, 0) is 0 Å². The molecule has 0 fully saturated rings. The Hall–Kier alpha value is -3.51. The third kappa shape index (κ3) is 4.64. The fraction of sp³-hybridized carbons (Fsp3) is 0.160. The van der Waals surface area contributed by atoms with Crippen LogP contribution in [0.5, 0.6) is 0 Å². The average Bonchev–Trinajstić information content (AvgIpc) is 3.23. The van der Waals surface area contributed by atoms with E-state index in [4.69, 9.17) is 0 Å². The number of rotatable bonds is 6. The molecule has 0 saturated heterocycles. The van der Waals surface area contributed by atoms with Gasteiger partial charge in [-0.1, -0.05) is 61.5 Å². The second-order valence-electron chi connectivity index (χ2n) is 7.53. The summed E-state index contributed by atoms with van der Waals surface area (Å²) in [6, 6.07) is 23.0. The zero-order valence-electron chi connectivity index (χ0n) is 17.4. The molecule has 3 aromatic carbocycles. The summed E-state index contributed by atoms with van der Waals surface area (Å²) < 4.78 is 5.27. The van der Waals surface area contributed by atoms with E-state index in [1.54, 1.807) is 12.1 Å². The Morgan fingerprint density at radius 3 is 2.52 bits per heavy atom. The van der Waals surface area contributed by atoms with Gasteiger partial charge in [-0.05, 0) is 53.7 Å². The summed E-state index contributed by atoms with van der Waals surface area (Å²) >= 11 is 1.30. The van der Waals surface area contributed by atoms with Crippen molar-refractivity contribution in [3.63, 3.8) is 0 Å². The molecule has 4 aromatic rings. The van der Waals surface area contributed by atoms with Gasteiger partial charge in [0.05, 0.1) is 4.70 Å². The average molecular weight is 430 g/mol. The van der Waals surface area contributed by atoms with Crippen LogP contribution in [0.2, 0.25) is 0 Å². The first kappa shape index (κ1) is 20.8. The Morgan fingerprint density at radius 1 is 0.968 bits per heavy atom. The van der Waals surface area contributed by atoms with Crippen molar-refractivity contribution in [1.82, 2.24) is 9.69 Å². The molecule has 156 valence electrons. The summed E-state index contributed by atoms with van der Waals surface area (Å²) in [5, 5.41) is 6.73. The molecule has 6 heteroatoms. The third-order valence-electron chi connectivity index (χ3n) is 5.28. The standard InChI is InChI=1S/C25H23N3O2S/c1-16-12-13-19(24(29)26-15-17(2)18-8-4-3-5-9-18)14-21(16)27-25(30)23-20-10-6-7-11-22(20)31-28-23/h3-14,17H,15H2,1-2H3,(H,26,29)(H,27,30)/t17-/m0/s1. The maximum absolute atomic E-state index is 12.8. The van der Waals surface area contributed by atoms with Crippen molar-refractivity contribution in [3.05, 3.63) is 95.2 Å². The van der Waals surface area contributed by atoms with Crippen LogP contribution in [0, 0.1) is 6.92 Å². The minimum absolute atomic E-state index is 0.169. The minimum Gasteiger partial charge on any atom is -0.351 e. The molecule has 2 amide bonds. The zero-order chi connectivity index (χ0) is 21.8. The SMILES string of the molecule is Cc1ccc(C(=O)NC[C@H](C)c2ccccc2)cc1NC(=O)c1nsc2ccccc12. The van der Waals surface area contributed by atoms with E-state index in [-0.39, 0.29) is 17.7 Å². The van der Waals surface area contributed by atoms with Gasteiger partial charge in [0.15, 0.2) is 0 Å². The predicted molar refractivity (Wildman–Crippen MR) is 126 cm³/mol. The first-order valence-electron chi connectivity index (χ1n) is 10.1. The highest BCUT2D eigenvalue weighted by Crippen LogP contribution is 2.24. The van der Waals surface area contributed by atoms with Crippen LogP contribution in [0.4, 0.5) is 5.69 Å². The molecular formula is C25H23N3O2S. The number of fused-ring (bicyclic) bond motifs is 1. The number of hydrogen-bond acceptors (Lipinski definition) is 4. The van der Waals surface area contributed by atoms with E-state index in [0.29, 0.717) is 23.5 Å². The van der Waals surface area contributed by atoms with Gasteiger partial charge in [0.25, 0.3) is 11.8 Å². The van der Waals surface area contributed by atoms with Crippen molar-refractivity contribution in [2.75, 3.05) is 11.9 Å². The van der Waals surface area contributed by atoms with Gasteiger partial charge in [0, 0.05) is 23.2 Å². The summed E-state index contributed by atoms with van der Waals surface area (Å²) in [5.74, 6) is -0.249. The number of carbonyl (C=O) groups is 2. The molecule has 0 aliphatic heterocycles. The highest BCUT2D eigenvalue weighted by atomic mass is 32.1. The summed E-state index contributed by atoms with van der Waals surface area (Å²) in [5.41, 5.74) is 3.55. The van der Waals surface area contributed by atoms with Crippen LogP contribution in [0.15, 0.2) is 72.8 Å². The molecule has 2 N–H and O–H groups in total. The second kappa shape index (κ2) is 9.10. The van der Waals surface area contributed by atoms with E-state index in [9.17, 15) is 9.59 Å². The number of aryl methyl sites for hydroxylation is 1. The van der Waals surface area contributed by atoms with Gasteiger partial charge in [-0.15, -0.1) is 0 Å². The Balaban J connectivity index is 1.46. The zero-order valence-corrected chi connectivity index (χ0v) is 18.2. The summed E-state index contributed by atoms with van der Waals surface area (Å²) in [4.78, 5) is 25.5. The number of nitrogens with zero attached hydrogens (tertiary/aromatic N) is 1. The molecule has 1 heterocycles. The van der Waals surface area contributed by atoms with Gasteiger partial charge in [0.2, 0.25) is 0 Å². The van der Waals surface area contributed by atoms with E-state index in [0.717, 1.165) is 15.6 Å². The first-order valence-corrected chi connectivity index (χ1v) is 10.9. The van der Waals surface area contributed by atoms with Gasteiger partial charge >= 0.3 is 0 Å². The lowest BCUT2D eigenvalue weighted by atomic mass is 10.0. The van der Waals surface area contributed by atoms with Gasteiger partial charge in [-0.3, -0.25) is 9.59 Å². The van der Waals surface area contributed by atoms with E-state index in [2.05, 4.69) is 34.1 Å². The topological polar surface area (TPSA) is 71.1 Å². The Morgan fingerprint density at radius 2 is 1.71 bits per heavy atom. The fourth-order valence-electron chi connectivity index (χ4n) is 3.38. The van der Waals surface area contributed by atoms with Crippen LogP contribution >= 0.6 is 11.5 Å². The van der Waals surface area contributed by atoms with Gasteiger partial charge in [0.1, 0.15) is 5.69 Å². The number of benzene rings is 3. The molecule has 31 heavy (non-hydrogen) atoms. The third-order valence-corrected chi connectivity index (χ3v) is 6.10. The number of nitrogens with one attached hydrogen (secondary N) is 2. The Kier molecular flexibility index (Phi) is 6.09. The van der Waals surface area contributed by atoms with Gasteiger partial charge in [-0.2, -0.15) is 4.37 Å². The predicted octanol–water partition coefficient (Wildman–Crippen LogP) is 5.39. The summed E-state index contributed by atoms with van der Waals surface area (Å²) in [6.07, 6.45) is 0. The molecule has 0 unspecified atom stereocenters. The lowest BCUT2D eigenvalue weighted by molar-refractivity contribution is 0.0950. The molecule has 1 atom stereocenters. The van der Waals surface area contributed by atoms with Crippen molar-refractivity contribution in [1.29, 1.82) is 0 Å². The second-order valence-corrected chi connectivity index (χ2v) is 8.34. The smallest absolute Gasteiger partial charge is 0.276 e. The summed E-state index contributed by atoms with van der Waals surface area (Å²) in [6.45, 7) is 4.51. The van der Waals surface area contributed by atoms with E-state index in [1.807, 2.05) is 55.5 Å². The molecule has 4 rings (SSSR count). The Bertz CT molecular complexity index is 1230. The fourth-order valence-corrected chi connectivity index (χ4v) is 4.15. The van der Waals surface area contributed by atoms with E-state index < -0.39 is 0 Å². The van der Waals surface area contributed by atoms with Crippen LogP contribution in [0.3, 0.4) is 0 Å². The van der Waals surface area contributed by atoms with Gasteiger partial charge < -0.3 is 10.6 Å². The number of anilines is 1. The van der Waals surface area contributed by atoms with Crippen molar-refractivity contribution in [2.24, 2.45) is 0 Å². The normalized spacial score (nSPS) is 11.8. The minimum atomic E-state index is -0.282. The number of amides is 2. The molecule has 5 nitrogen and oxygen atoms in total. The largest absolute Gasteiger partial charge is 0.351 e. The molecule has 0 aliphatic carbocycles. The molecule has 0 saturated carbocycles. The lowest BCUT2D eigenvalue weighted by Gasteiger charge is -2.14. The van der Waals surface area contributed by atoms with Crippen LogP contribution in [0.1, 0.15) is 44.8 Å². The van der Waals surface area contributed by atoms with Crippen LogP contribution in [-0.4, -0.2) is 22.7 Å².